The van der Waals surface area contributed by atoms with E-state index in [-0.39, 0.29) is 6.04 Å². The molecule has 3 N–H and O–H groups in total. The van der Waals surface area contributed by atoms with E-state index in [4.69, 9.17) is 10.8 Å². The van der Waals surface area contributed by atoms with Crippen LogP contribution in [0.15, 0.2) is 24.3 Å². The lowest BCUT2D eigenvalue weighted by Crippen LogP contribution is -2.35. The SMILES string of the molecule is CC(N)c1ccc(N2CCCC(CCO)C2)cc1. The predicted molar refractivity (Wildman–Crippen MR) is 75.7 cm³/mol. The van der Waals surface area contributed by atoms with Crippen molar-refractivity contribution in [3.8, 4) is 0 Å². The molecule has 1 heterocycles. The largest absolute Gasteiger partial charge is 0.396 e. The number of anilines is 1. The Morgan fingerprint density at radius 3 is 2.72 bits per heavy atom. The topological polar surface area (TPSA) is 49.5 Å². The third kappa shape index (κ3) is 3.24. The van der Waals surface area contributed by atoms with E-state index in [2.05, 4.69) is 29.2 Å². The smallest absolute Gasteiger partial charge is 0.0434 e. The first-order valence-corrected chi connectivity index (χ1v) is 6.92. The van der Waals surface area contributed by atoms with Gasteiger partial charge in [0, 0.05) is 31.4 Å². The lowest BCUT2D eigenvalue weighted by atomic mass is 9.94. The maximum absolute atomic E-state index is 9.04. The predicted octanol–water partition coefficient (Wildman–Crippen LogP) is 2.31. The van der Waals surface area contributed by atoms with Gasteiger partial charge < -0.3 is 15.7 Å². The van der Waals surface area contributed by atoms with Crippen LogP contribution in [0.1, 0.15) is 37.8 Å². The van der Waals surface area contributed by atoms with Crippen molar-refractivity contribution in [2.24, 2.45) is 11.7 Å². The van der Waals surface area contributed by atoms with Gasteiger partial charge in [0.05, 0.1) is 0 Å². The van der Waals surface area contributed by atoms with E-state index in [1.807, 2.05) is 6.92 Å². The average Bonchev–Trinajstić information content (AvgIpc) is 2.39. The number of nitrogens with zero attached hydrogens (tertiary/aromatic N) is 1. The van der Waals surface area contributed by atoms with Crippen LogP contribution in [0.2, 0.25) is 0 Å². The van der Waals surface area contributed by atoms with Crippen LogP contribution in [-0.4, -0.2) is 24.8 Å². The Morgan fingerprint density at radius 1 is 1.39 bits per heavy atom. The van der Waals surface area contributed by atoms with Gasteiger partial charge in [-0.25, -0.2) is 0 Å². The molecule has 2 unspecified atom stereocenters. The number of aliphatic hydroxyl groups excluding tert-OH is 1. The van der Waals surface area contributed by atoms with E-state index < -0.39 is 0 Å². The van der Waals surface area contributed by atoms with E-state index in [9.17, 15) is 0 Å². The number of aliphatic hydroxyl groups is 1. The molecule has 1 aromatic carbocycles. The highest BCUT2D eigenvalue weighted by Crippen LogP contribution is 2.25. The number of benzene rings is 1. The second kappa shape index (κ2) is 6.21. The van der Waals surface area contributed by atoms with Gasteiger partial charge in [-0.05, 0) is 49.8 Å². The van der Waals surface area contributed by atoms with Gasteiger partial charge in [-0.2, -0.15) is 0 Å². The van der Waals surface area contributed by atoms with Crippen LogP contribution in [0.4, 0.5) is 5.69 Å². The third-order valence-corrected chi connectivity index (χ3v) is 3.84. The van der Waals surface area contributed by atoms with E-state index in [0.29, 0.717) is 12.5 Å². The first-order chi connectivity index (χ1) is 8.70. The zero-order valence-electron chi connectivity index (χ0n) is 11.2. The van der Waals surface area contributed by atoms with Gasteiger partial charge in [-0.15, -0.1) is 0 Å². The number of nitrogens with two attached hydrogens (primary N) is 1. The Balaban J connectivity index is 2.02. The Bertz CT molecular complexity index is 359. The summed E-state index contributed by atoms with van der Waals surface area (Å²) in [7, 11) is 0. The van der Waals surface area contributed by atoms with Gasteiger partial charge in [0.1, 0.15) is 0 Å². The summed E-state index contributed by atoms with van der Waals surface area (Å²) >= 11 is 0. The van der Waals surface area contributed by atoms with Gasteiger partial charge in [-0.3, -0.25) is 0 Å². The fourth-order valence-electron chi connectivity index (χ4n) is 2.71. The first-order valence-electron chi connectivity index (χ1n) is 6.92. The Hall–Kier alpha value is -1.06. The highest BCUT2D eigenvalue weighted by molar-refractivity contribution is 5.48. The van der Waals surface area contributed by atoms with Gasteiger partial charge in [0.15, 0.2) is 0 Å². The Kier molecular flexibility index (Phi) is 4.61. The second-order valence-corrected chi connectivity index (χ2v) is 5.35. The van der Waals surface area contributed by atoms with Crippen molar-refractivity contribution in [1.82, 2.24) is 0 Å². The second-order valence-electron chi connectivity index (χ2n) is 5.35. The van der Waals surface area contributed by atoms with Crippen LogP contribution in [0.5, 0.6) is 0 Å². The van der Waals surface area contributed by atoms with Crippen molar-refractivity contribution in [3.63, 3.8) is 0 Å². The van der Waals surface area contributed by atoms with Crippen LogP contribution < -0.4 is 10.6 Å². The number of hydrogen-bond acceptors (Lipinski definition) is 3. The van der Waals surface area contributed by atoms with Crippen molar-refractivity contribution in [3.05, 3.63) is 29.8 Å². The molecule has 3 nitrogen and oxygen atoms in total. The van der Waals surface area contributed by atoms with E-state index in [0.717, 1.165) is 19.5 Å². The molecule has 1 aliphatic heterocycles. The van der Waals surface area contributed by atoms with Crippen molar-refractivity contribution in [1.29, 1.82) is 0 Å². The van der Waals surface area contributed by atoms with Gasteiger partial charge in [0.25, 0.3) is 0 Å². The summed E-state index contributed by atoms with van der Waals surface area (Å²) in [5, 5.41) is 9.04. The minimum Gasteiger partial charge on any atom is -0.396 e. The molecule has 0 aliphatic carbocycles. The summed E-state index contributed by atoms with van der Waals surface area (Å²) < 4.78 is 0. The molecule has 0 aromatic heterocycles. The van der Waals surface area contributed by atoms with Crippen LogP contribution in [-0.2, 0) is 0 Å². The molecular formula is C15H24N2O. The van der Waals surface area contributed by atoms with Crippen molar-refractivity contribution < 1.29 is 5.11 Å². The third-order valence-electron chi connectivity index (χ3n) is 3.84. The molecule has 1 fully saturated rings. The molecule has 0 radical (unpaired) electrons. The van der Waals surface area contributed by atoms with Crippen molar-refractivity contribution in [2.45, 2.75) is 32.2 Å². The van der Waals surface area contributed by atoms with Crippen molar-refractivity contribution >= 4 is 5.69 Å². The molecule has 100 valence electrons. The number of piperidine rings is 1. The molecule has 0 bridgehead atoms. The minimum atomic E-state index is 0.0996. The molecule has 0 amide bonds. The van der Waals surface area contributed by atoms with E-state index in [1.54, 1.807) is 0 Å². The first kappa shape index (κ1) is 13.4. The highest BCUT2D eigenvalue weighted by Gasteiger charge is 2.19. The van der Waals surface area contributed by atoms with Crippen LogP contribution in [0, 0.1) is 5.92 Å². The summed E-state index contributed by atoms with van der Waals surface area (Å²) in [4.78, 5) is 2.43. The number of hydrogen-bond donors (Lipinski definition) is 2. The quantitative estimate of drug-likeness (QED) is 0.859. The standard InChI is InChI=1S/C15H24N2O/c1-12(16)14-4-6-15(7-5-14)17-9-2-3-13(11-17)8-10-18/h4-7,12-13,18H,2-3,8-11,16H2,1H3. The molecule has 1 aromatic rings. The van der Waals surface area contributed by atoms with Gasteiger partial charge >= 0.3 is 0 Å². The molecule has 2 atom stereocenters. The van der Waals surface area contributed by atoms with Gasteiger partial charge in [-0.1, -0.05) is 12.1 Å². The fraction of sp³-hybridized carbons (Fsp3) is 0.600. The molecule has 0 saturated carbocycles. The van der Waals surface area contributed by atoms with Crippen molar-refractivity contribution in [2.75, 3.05) is 24.6 Å². The van der Waals surface area contributed by atoms with Gasteiger partial charge in [0.2, 0.25) is 0 Å². The Labute approximate surface area is 110 Å². The fourth-order valence-corrected chi connectivity index (χ4v) is 2.71. The minimum absolute atomic E-state index is 0.0996. The lowest BCUT2D eigenvalue weighted by Gasteiger charge is -2.34. The zero-order chi connectivity index (χ0) is 13.0. The van der Waals surface area contributed by atoms with Crippen LogP contribution in [0.25, 0.3) is 0 Å². The summed E-state index contributed by atoms with van der Waals surface area (Å²) in [6.45, 7) is 4.51. The molecule has 1 saturated heterocycles. The normalized spacial score (nSPS) is 21.9. The van der Waals surface area contributed by atoms with Crippen LogP contribution in [0.3, 0.4) is 0 Å². The maximum atomic E-state index is 9.04. The lowest BCUT2D eigenvalue weighted by molar-refractivity contribution is 0.244. The summed E-state index contributed by atoms with van der Waals surface area (Å²) in [5.74, 6) is 0.636. The number of rotatable bonds is 4. The Morgan fingerprint density at radius 2 is 2.11 bits per heavy atom. The zero-order valence-corrected chi connectivity index (χ0v) is 11.2. The molecular weight excluding hydrogens is 224 g/mol. The molecule has 1 aliphatic rings. The highest BCUT2D eigenvalue weighted by atomic mass is 16.3. The summed E-state index contributed by atoms with van der Waals surface area (Å²) in [6, 6.07) is 8.67. The average molecular weight is 248 g/mol. The van der Waals surface area contributed by atoms with Crippen LogP contribution >= 0.6 is 0 Å². The van der Waals surface area contributed by atoms with E-state index in [1.165, 1.54) is 24.1 Å². The molecule has 0 spiro atoms. The monoisotopic (exact) mass is 248 g/mol. The molecule has 2 rings (SSSR count). The van der Waals surface area contributed by atoms with E-state index >= 15 is 0 Å². The summed E-state index contributed by atoms with van der Waals surface area (Å²) in [5.41, 5.74) is 8.33. The maximum Gasteiger partial charge on any atom is 0.0434 e. The molecule has 18 heavy (non-hydrogen) atoms. The molecule has 3 heteroatoms. The summed E-state index contributed by atoms with van der Waals surface area (Å²) in [6.07, 6.45) is 3.39.